The number of aryl methyl sites for hydroxylation is 1. The first-order chi connectivity index (χ1) is 13.0. The quantitative estimate of drug-likeness (QED) is 0.682. The van der Waals surface area contributed by atoms with Crippen molar-refractivity contribution in [2.75, 3.05) is 31.1 Å². The minimum Gasteiger partial charge on any atom is -0.369 e. The zero-order valence-corrected chi connectivity index (χ0v) is 15.7. The Labute approximate surface area is 158 Å². The molecule has 1 fully saturated rings. The molecule has 1 aromatic heterocycles. The van der Waals surface area contributed by atoms with Gasteiger partial charge >= 0.3 is 6.55 Å². The maximum atomic E-state index is 13.6. The molecule has 4 rings (SSSR count). The maximum absolute atomic E-state index is 13.6. The predicted molar refractivity (Wildman–Crippen MR) is 104 cm³/mol. The molecular formula is C21H24F2N4. The molecule has 0 bridgehead atoms. The van der Waals surface area contributed by atoms with Gasteiger partial charge in [0.25, 0.3) is 0 Å². The molecule has 3 aromatic rings. The summed E-state index contributed by atoms with van der Waals surface area (Å²) in [4.78, 5) is 9.05. The van der Waals surface area contributed by atoms with Gasteiger partial charge in [0, 0.05) is 31.9 Å². The standard InChI is InChI=1S/C21H24F2N4/c1-15-6-5-9-18(16(15)2)26-12-10-25(11-13-26)14-20-24-17-7-3-4-8-19(17)27(20)21(22)23/h3-9,21H,10-14H2,1-2H3. The van der Waals surface area contributed by atoms with E-state index in [1.165, 1.54) is 16.8 Å². The van der Waals surface area contributed by atoms with Gasteiger partial charge in [-0.25, -0.2) is 4.98 Å². The molecule has 1 aliphatic heterocycles. The topological polar surface area (TPSA) is 24.3 Å². The van der Waals surface area contributed by atoms with Crippen LogP contribution in [0.4, 0.5) is 14.5 Å². The predicted octanol–water partition coefficient (Wildman–Crippen LogP) is 4.37. The smallest absolute Gasteiger partial charge is 0.320 e. The van der Waals surface area contributed by atoms with E-state index >= 15 is 0 Å². The minimum absolute atomic E-state index is 0.436. The fourth-order valence-corrected chi connectivity index (χ4v) is 3.85. The summed E-state index contributed by atoms with van der Waals surface area (Å²) in [5, 5.41) is 0. The Morgan fingerprint density at radius 1 is 0.963 bits per heavy atom. The summed E-state index contributed by atoms with van der Waals surface area (Å²) < 4.78 is 28.3. The van der Waals surface area contributed by atoms with Crippen LogP contribution in [0.3, 0.4) is 0 Å². The van der Waals surface area contributed by atoms with Crippen LogP contribution in [0, 0.1) is 13.8 Å². The number of hydrogen-bond donors (Lipinski definition) is 0. The molecule has 2 aromatic carbocycles. The Balaban J connectivity index is 1.49. The molecule has 1 saturated heterocycles. The van der Waals surface area contributed by atoms with Crippen LogP contribution in [0.2, 0.25) is 0 Å². The molecule has 1 aliphatic rings. The average Bonchev–Trinajstić information content (AvgIpc) is 3.03. The van der Waals surface area contributed by atoms with Crippen molar-refractivity contribution >= 4 is 16.7 Å². The Bertz CT molecular complexity index is 943. The zero-order chi connectivity index (χ0) is 19.0. The lowest BCUT2D eigenvalue weighted by Crippen LogP contribution is -2.46. The highest BCUT2D eigenvalue weighted by Crippen LogP contribution is 2.26. The van der Waals surface area contributed by atoms with Crippen LogP contribution < -0.4 is 4.90 Å². The van der Waals surface area contributed by atoms with E-state index in [0.29, 0.717) is 23.4 Å². The van der Waals surface area contributed by atoms with E-state index in [1.807, 2.05) is 6.07 Å². The number of piperazine rings is 1. The molecule has 0 atom stereocenters. The summed E-state index contributed by atoms with van der Waals surface area (Å²) in [5.41, 5.74) is 5.00. The van der Waals surface area contributed by atoms with E-state index < -0.39 is 6.55 Å². The van der Waals surface area contributed by atoms with Crippen molar-refractivity contribution < 1.29 is 8.78 Å². The van der Waals surface area contributed by atoms with Crippen molar-refractivity contribution in [3.8, 4) is 0 Å². The summed E-state index contributed by atoms with van der Waals surface area (Å²) in [6.07, 6.45) is 0. The lowest BCUT2D eigenvalue weighted by Gasteiger charge is -2.36. The number of fused-ring (bicyclic) bond motifs is 1. The first-order valence-corrected chi connectivity index (χ1v) is 9.32. The van der Waals surface area contributed by atoms with Gasteiger partial charge in [0.05, 0.1) is 17.6 Å². The molecule has 0 aliphatic carbocycles. The third-order valence-corrected chi connectivity index (χ3v) is 5.52. The van der Waals surface area contributed by atoms with Crippen LogP contribution in [0.1, 0.15) is 23.5 Å². The second-order valence-corrected chi connectivity index (χ2v) is 7.15. The maximum Gasteiger partial charge on any atom is 0.320 e. The van der Waals surface area contributed by atoms with Crippen molar-refractivity contribution in [1.29, 1.82) is 0 Å². The van der Waals surface area contributed by atoms with E-state index in [9.17, 15) is 8.78 Å². The summed E-state index contributed by atoms with van der Waals surface area (Å²) in [5.74, 6) is 0.436. The molecule has 0 radical (unpaired) electrons. The molecule has 2 heterocycles. The number of hydrogen-bond acceptors (Lipinski definition) is 3. The SMILES string of the molecule is Cc1cccc(N2CCN(Cc3nc4ccccc4n3C(F)F)CC2)c1C. The van der Waals surface area contributed by atoms with Gasteiger partial charge < -0.3 is 4.90 Å². The van der Waals surface area contributed by atoms with E-state index in [1.54, 1.807) is 18.2 Å². The zero-order valence-electron chi connectivity index (χ0n) is 15.7. The van der Waals surface area contributed by atoms with Crippen LogP contribution in [-0.2, 0) is 6.54 Å². The normalized spacial score (nSPS) is 15.8. The number of benzene rings is 2. The van der Waals surface area contributed by atoms with Gasteiger partial charge in [-0.2, -0.15) is 8.78 Å². The fourth-order valence-electron chi connectivity index (χ4n) is 3.85. The van der Waals surface area contributed by atoms with E-state index in [-0.39, 0.29) is 0 Å². The molecule has 6 heteroatoms. The molecule has 0 saturated carbocycles. The number of nitrogens with zero attached hydrogens (tertiary/aromatic N) is 4. The van der Waals surface area contributed by atoms with Crippen LogP contribution >= 0.6 is 0 Å². The van der Waals surface area contributed by atoms with Crippen LogP contribution in [0.5, 0.6) is 0 Å². The van der Waals surface area contributed by atoms with Crippen molar-refractivity contribution in [2.45, 2.75) is 26.9 Å². The lowest BCUT2D eigenvalue weighted by molar-refractivity contribution is 0.0681. The number of halogens is 2. The van der Waals surface area contributed by atoms with Crippen LogP contribution in [-0.4, -0.2) is 40.6 Å². The second kappa shape index (κ2) is 7.27. The van der Waals surface area contributed by atoms with Crippen molar-refractivity contribution in [2.24, 2.45) is 0 Å². The van der Waals surface area contributed by atoms with Gasteiger partial charge in [-0.15, -0.1) is 0 Å². The van der Waals surface area contributed by atoms with Crippen molar-refractivity contribution in [3.63, 3.8) is 0 Å². The number of aromatic nitrogens is 2. The average molecular weight is 370 g/mol. The summed E-state index contributed by atoms with van der Waals surface area (Å²) in [7, 11) is 0. The Morgan fingerprint density at radius 2 is 1.70 bits per heavy atom. The monoisotopic (exact) mass is 370 g/mol. The second-order valence-electron chi connectivity index (χ2n) is 7.15. The third kappa shape index (κ3) is 3.41. The molecular weight excluding hydrogens is 346 g/mol. The van der Waals surface area contributed by atoms with Crippen LogP contribution in [0.15, 0.2) is 42.5 Å². The Kier molecular flexibility index (Phi) is 4.83. The van der Waals surface area contributed by atoms with E-state index in [0.717, 1.165) is 30.7 Å². The molecule has 0 spiro atoms. The summed E-state index contributed by atoms with van der Waals surface area (Å²) >= 11 is 0. The largest absolute Gasteiger partial charge is 0.369 e. The first-order valence-electron chi connectivity index (χ1n) is 9.32. The molecule has 0 unspecified atom stereocenters. The molecule has 4 nitrogen and oxygen atoms in total. The Hall–Kier alpha value is -2.47. The van der Waals surface area contributed by atoms with Gasteiger partial charge in [-0.3, -0.25) is 9.47 Å². The first kappa shape index (κ1) is 17.9. The highest BCUT2D eigenvalue weighted by molar-refractivity contribution is 5.76. The van der Waals surface area contributed by atoms with Gasteiger partial charge in [-0.05, 0) is 43.2 Å². The van der Waals surface area contributed by atoms with Crippen molar-refractivity contribution in [3.05, 3.63) is 59.4 Å². The van der Waals surface area contributed by atoms with Gasteiger partial charge in [-0.1, -0.05) is 24.3 Å². The summed E-state index contributed by atoms with van der Waals surface area (Å²) in [6, 6.07) is 13.5. The molecule has 0 N–H and O–H groups in total. The number of rotatable bonds is 4. The molecule has 27 heavy (non-hydrogen) atoms. The highest BCUT2D eigenvalue weighted by Gasteiger charge is 2.23. The molecule has 0 amide bonds. The minimum atomic E-state index is -2.58. The number of para-hydroxylation sites is 2. The highest BCUT2D eigenvalue weighted by atomic mass is 19.3. The van der Waals surface area contributed by atoms with Crippen LogP contribution in [0.25, 0.3) is 11.0 Å². The van der Waals surface area contributed by atoms with E-state index in [2.05, 4.69) is 46.8 Å². The number of alkyl halides is 2. The van der Waals surface area contributed by atoms with Crippen molar-refractivity contribution in [1.82, 2.24) is 14.5 Å². The molecule has 142 valence electrons. The van der Waals surface area contributed by atoms with Gasteiger partial charge in [0.15, 0.2) is 0 Å². The Morgan fingerprint density at radius 3 is 2.44 bits per heavy atom. The summed E-state index contributed by atoms with van der Waals surface area (Å²) in [6.45, 7) is 5.59. The van der Waals surface area contributed by atoms with Gasteiger partial charge in [0.2, 0.25) is 0 Å². The number of imidazole rings is 1. The lowest BCUT2D eigenvalue weighted by atomic mass is 10.1. The number of anilines is 1. The van der Waals surface area contributed by atoms with E-state index in [4.69, 9.17) is 0 Å². The third-order valence-electron chi connectivity index (χ3n) is 5.52. The fraction of sp³-hybridized carbons (Fsp3) is 0.381. The van der Waals surface area contributed by atoms with Gasteiger partial charge in [0.1, 0.15) is 5.82 Å².